The van der Waals surface area contributed by atoms with Crippen molar-refractivity contribution in [3.05, 3.63) is 92.9 Å². The molecule has 0 N–H and O–H groups in total. The highest BCUT2D eigenvalue weighted by atomic mass is 79.9. The molecule has 0 atom stereocenters. The topological polar surface area (TPSA) is 20.3 Å². The summed E-state index contributed by atoms with van der Waals surface area (Å²) < 4.78 is 0.945. The molecule has 0 bridgehead atoms. The molecule has 0 aromatic heterocycles. The highest BCUT2D eigenvalue weighted by Crippen LogP contribution is 2.30. The van der Waals surface area contributed by atoms with Crippen molar-refractivity contribution in [2.45, 2.75) is 6.54 Å². The van der Waals surface area contributed by atoms with Crippen molar-refractivity contribution in [1.82, 2.24) is 4.90 Å². The summed E-state index contributed by atoms with van der Waals surface area (Å²) >= 11 is 9.86. The zero-order valence-corrected chi connectivity index (χ0v) is 17.0. The lowest BCUT2D eigenvalue weighted by Crippen LogP contribution is -2.10. The van der Waals surface area contributed by atoms with Gasteiger partial charge in [0.2, 0.25) is 0 Å². The number of carbonyl (C=O) groups is 1. The molecule has 0 heterocycles. The Morgan fingerprint density at radius 2 is 1.54 bits per heavy atom. The van der Waals surface area contributed by atoms with Crippen molar-refractivity contribution in [2.24, 2.45) is 0 Å². The van der Waals surface area contributed by atoms with Crippen molar-refractivity contribution in [1.29, 1.82) is 0 Å². The van der Waals surface area contributed by atoms with Gasteiger partial charge in [0.15, 0.2) is 5.78 Å². The van der Waals surface area contributed by atoms with Crippen LogP contribution in [-0.2, 0) is 6.54 Å². The van der Waals surface area contributed by atoms with Gasteiger partial charge in [0.25, 0.3) is 0 Å². The molecular formula is C22H19BrClNO. The molecule has 0 aliphatic carbocycles. The fourth-order valence-electron chi connectivity index (χ4n) is 2.81. The maximum Gasteiger partial charge on any atom is 0.193 e. The van der Waals surface area contributed by atoms with E-state index in [9.17, 15) is 4.79 Å². The number of nitrogens with zero attached hydrogens (tertiary/aromatic N) is 1. The highest BCUT2D eigenvalue weighted by Gasteiger charge is 2.12. The van der Waals surface area contributed by atoms with Gasteiger partial charge in [0.05, 0.1) is 0 Å². The molecule has 132 valence electrons. The van der Waals surface area contributed by atoms with Crippen molar-refractivity contribution < 1.29 is 4.79 Å². The number of ketones is 1. The summed E-state index contributed by atoms with van der Waals surface area (Å²) in [6.07, 6.45) is 0. The molecule has 3 aromatic carbocycles. The molecule has 4 heteroatoms. The molecule has 2 nitrogen and oxygen atoms in total. The Labute approximate surface area is 167 Å². The molecule has 26 heavy (non-hydrogen) atoms. The summed E-state index contributed by atoms with van der Waals surface area (Å²) in [6, 6.07) is 21.2. The first-order chi connectivity index (χ1) is 12.4. The highest BCUT2D eigenvalue weighted by molar-refractivity contribution is 9.10. The first-order valence-corrected chi connectivity index (χ1v) is 9.45. The smallest absolute Gasteiger partial charge is 0.193 e. The van der Waals surface area contributed by atoms with Crippen molar-refractivity contribution in [3.8, 4) is 11.1 Å². The van der Waals surface area contributed by atoms with E-state index in [0.29, 0.717) is 16.1 Å². The lowest BCUT2D eigenvalue weighted by atomic mass is 9.98. The normalized spacial score (nSPS) is 11.0. The average Bonchev–Trinajstić information content (AvgIpc) is 2.62. The number of carbonyl (C=O) groups excluding carboxylic acids is 1. The van der Waals surface area contributed by atoms with Crippen LogP contribution in [-0.4, -0.2) is 24.8 Å². The van der Waals surface area contributed by atoms with E-state index >= 15 is 0 Å². The predicted octanol–water partition coefficient (Wildman–Crippen LogP) is 6.06. The van der Waals surface area contributed by atoms with Gasteiger partial charge in [0, 0.05) is 32.7 Å². The predicted molar refractivity (Wildman–Crippen MR) is 112 cm³/mol. The molecule has 0 saturated heterocycles. The molecule has 0 spiro atoms. The Hall–Kier alpha value is -1.94. The summed E-state index contributed by atoms with van der Waals surface area (Å²) in [4.78, 5) is 14.8. The molecule has 0 unspecified atom stereocenters. The zero-order valence-electron chi connectivity index (χ0n) is 14.7. The standard InChI is InChI=1S/C22H19BrClNO/c1-25(2)14-15-3-5-16(6-4-15)20-12-9-18(13-21(20)24)22(26)17-7-10-19(23)11-8-17/h3-13H,14H2,1-2H3. The van der Waals surface area contributed by atoms with Crippen molar-refractivity contribution in [2.75, 3.05) is 14.1 Å². The van der Waals surface area contributed by atoms with Crippen LogP contribution in [0.15, 0.2) is 71.2 Å². The van der Waals surface area contributed by atoms with Gasteiger partial charge in [-0.25, -0.2) is 0 Å². The van der Waals surface area contributed by atoms with Gasteiger partial charge in [-0.1, -0.05) is 63.9 Å². The zero-order chi connectivity index (χ0) is 18.7. The maximum absolute atomic E-state index is 12.6. The van der Waals surface area contributed by atoms with E-state index in [-0.39, 0.29) is 5.78 Å². The van der Waals surface area contributed by atoms with Crippen LogP contribution in [0.1, 0.15) is 21.5 Å². The van der Waals surface area contributed by atoms with Gasteiger partial charge in [0.1, 0.15) is 0 Å². The van der Waals surface area contributed by atoms with Crippen LogP contribution in [0.5, 0.6) is 0 Å². The maximum atomic E-state index is 12.6. The van der Waals surface area contributed by atoms with Gasteiger partial charge in [-0.05, 0) is 55.6 Å². The Morgan fingerprint density at radius 3 is 2.12 bits per heavy atom. The summed E-state index contributed by atoms with van der Waals surface area (Å²) in [5.41, 5.74) is 4.45. The summed E-state index contributed by atoms with van der Waals surface area (Å²) in [5, 5.41) is 0.577. The summed E-state index contributed by atoms with van der Waals surface area (Å²) in [5.74, 6) is -0.0349. The van der Waals surface area contributed by atoms with Gasteiger partial charge in [-0.3, -0.25) is 4.79 Å². The molecule has 0 saturated carbocycles. The van der Waals surface area contributed by atoms with Crippen LogP contribution >= 0.6 is 27.5 Å². The quantitative estimate of drug-likeness (QED) is 0.460. The van der Waals surface area contributed by atoms with E-state index in [4.69, 9.17) is 11.6 Å². The molecule has 0 fully saturated rings. The van der Waals surface area contributed by atoms with Crippen LogP contribution in [0.3, 0.4) is 0 Å². The largest absolute Gasteiger partial charge is 0.305 e. The lowest BCUT2D eigenvalue weighted by Gasteiger charge is -2.11. The number of rotatable bonds is 5. The minimum absolute atomic E-state index is 0.0349. The fourth-order valence-corrected chi connectivity index (χ4v) is 3.37. The third kappa shape index (κ3) is 4.42. The summed E-state index contributed by atoms with van der Waals surface area (Å²) in [7, 11) is 4.10. The molecule has 0 aliphatic heterocycles. The van der Waals surface area contributed by atoms with Crippen LogP contribution in [0.4, 0.5) is 0 Å². The molecular weight excluding hydrogens is 410 g/mol. The molecule has 0 aliphatic rings. The number of hydrogen-bond acceptors (Lipinski definition) is 2. The van der Waals surface area contributed by atoms with Crippen LogP contribution in [0.2, 0.25) is 5.02 Å². The molecule has 3 aromatic rings. The fraction of sp³-hybridized carbons (Fsp3) is 0.136. The second-order valence-electron chi connectivity index (χ2n) is 6.47. The van der Waals surface area contributed by atoms with Crippen LogP contribution in [0.25, 0.3) is 11.1 Å². The van der Waals surface area contributed by atoms with Crippen molar-refractivity contribution in [3.63, 3.8) is 0 Å². The molecule has 0 amide bonds. The Balaban J connectivity index is 1.85. The average molecular weight is 429 g/mol. The van der Waals surface area contributed by atoms with E-state index in [1.54, 1.807) is 18.2 Å². The Bertz CT molecular complexity index is 918. The van der Waals surface area contributed by atoms with Crippen LogP contribution in [0, 0.1) is 0 Å². The second-order valence-corrected chi connectivity index (χ2v) is 7.79. The van der Waals surface area contributed by atoms with E-state index < -0.39 is 0 Å². The minimum atomic E-state index is -0.0349. The Morgan fingerprint density at radius 1 is 0.923 bits per heavy atom. The third-order valence-electron chi connectivity index (χ3n) is 4.10. The third-order valence-corrected chi connectivity index (χ3v) is 4.94. The van der Waals surface area contributed by atoms with E-state index in [1.807, 2.05) is 38.4 Å². The van der Waals surface area contributed by atoms with E-state index in [1.165, 1.54) is 5.56 Å². The monoisotopic (exact) mass is 427 g/mol. The molecule has 0 radical (unpaired) electrons. The van der Waals surface area contributed by atoms with Gasteiger partial charge in [-0.2, -0.15) is 0 Å². The molecule has 3 rings (SSSR count). The van der Waals surface area contributed by atoms with Gasteiger partial charge >= 0.3 is 0 Å². The summed E-state index contributed by atoms with van der Waals surface area (Å²) in [6.45, 7) is 0.897. The van der Waals surface area contributed by atoms with Gasteiger partial charge in [-0.15, -0.1) is 0 Å². The van der Waals surface area contributed by atoms with Gasteiger partial charge < -0.3 is 4.90 Å². The Kier molecular flexibility index (Phi) is 5.92. The number of hydrogen-bond donors (Lipinski definition) is 0. The lowest BCUT2D eigenvalue weighted by molar-refractivity contribution is 0.103. The minimum Gasteiger partial charge on any atom is -0.305 e. The van der Waals surface area contributed by atoms with E-state index in [0.717, 1.165) is 22.1 Å². The SMILES string of the molecule is CN(C)Cc1ccc(-c2ccc(C(=O)c3ccc(Br)cc3)cc2Cl)cc1. The first-order valence-electron chi connectivity index (χ1n) is 8.28. The van der Waals surface area contributed by atoms with Crippen LogP contribution < -0.4 is 0 Å². The number of benzene rings is 3. The second kappa shape index (κ2) is 8.17. The first kappa shape index (κ1) is 18.8. The van der Waals surface area contributed by atoms with E-state index in [2.05, 4.69) is 45.1 Å². The van der Waals surface area contributed by atoms with Crippen molar-refractivity contribution >= 4 is 33.3 Å². The number of halogens is 2.